The summed E-state index contributed by atoms with van der Waals surface area (Å²) in [7, 11) is 0.0540. The van der Waals surface area contributed by atoms with Crippen LogP contribution in [0.25, 0.3) is 0 Å². The van der Waals surface area contributed by atoms with Crippen molar-refractivity contribution in [1.29, 1.82) is 0 Å². The first-order valence-electron chi connectivity index (χ1n) is 1.53. The van der Waals surface area contributed by atoms with E-state index < -0.39 is 9.92 Å². The van der Waals surface area contributed by atoms with Crippen LogP contribution >= 0.6 is 0 Å². The van der Waals surface area contributed by atoms with Gasteiger partial charge in [-0.2, -0.15) is 4.78 Å². The summed E-state index contributed by atoms with van der Waals surface area (Å²) in [6, 6.07) is 0. The van der Waals surface area contributed by atoms with Crippen molar-refractivity contribution in [3.05, 3.63) is 0 Å². The zero-order chi connectivity index (χ0) is 4.99. The topological polar surface area (TPSA) is 99.5 Å². The van der Waals surface area contributed by atoms with Crippen molar-refractivity contribution in [1.82, 2.24) is 10.9 Å². The van der Waals surface area contributed by atoms with Crippen LogP contribution in [0.1, 0.15) is 0 Å². The maximum atomic E-state index is 4.97. The van der Waals surface area contributed by atoms with E-state index in [1.54, 1.807) is 0 Å². The molecular weight excluding hydrogens is 128 g/mol. The molecule has 7 heteroatoms. The van der Waals surface area contributed by atoms with Gasteiger partial charge in [0.25, 0.3) is 9.92 Å². The van der Waals surface area contributed by atoms with Crippen LogP contribution in [-0.4, -0.2) is 25.2 Å². The number of hydrazine groups is 2. The zero-order valence-electron chi connectivity index (χ0n) is 4.42. The molecule has 0 rings (SSSR count). The minimum absolute atomic E-state index is 0. The molecule has 0 heterocycles. The second kappa shape index (κ2) is 6.23. The highest BCUT2D eigenvalue weighted by Crippen LogP contribution is 1.52. The normalized spacial score (nSPS) is 10.7. The van der Waals surface area contributed by atoms with E-state index in [4.69, 9.17) is 15.8 Å². The van der Waals surface area contributed by atoms with Crippen LogP contribution < -0.4 is 17.8 Å². The van der Waals surface area contributed by atoms with Gasteiger partial charge in [-0.1, -0.05) is 0 Å². The Hall–Kier alpha value is 0.234. The van der Waals surface area contributed by atoms with Gasteiger partial charge in [0, 0.05) is 0 Å². The molecule has 0 aromatic rings. The molecule has 0 aliphatic heterocycles. The predicted octanol–water partition coefficient (Wildman–Crippen LogP) is -3.51. The van der Waals surface area contributed by atoms with E-state index in [9.17, 15) is 0 Å². The van der Waals surface area contributed by atoms with E-state index in [-0.39, 0.29) is 6.15 Å². The van der Waals surface area contributed by atoms with E-state index >= 15 is 0 Å². The molecule has 0 aromatic heterocycles. The first kappa shape index (κ1) is 10.3. The molecule has 7 N–H and O–H groups in total. The molecule has 46 valence electrons. The van der Waals surface area contributed by atoms with Gasteiger partial charge in [0.1, 0.15) is 10.5 Å². The third kappa shape index (κ3) is 10.7. The van der Waals surface area contributed by atoms with Gasteiger partial charge >= 0.3 is 0 Å². The zero-order valence-corrected chi connectivity index (χ0v) is 7.84. The molecule has 0 radical (unpaired) electrons. The Bertz CT molecular complexity index is 30.9. The molecule has 7 heavy (non-hydrogen) atoms. The quantitative estimate of drug-likeness (QED) is 0.210. The van der Waals surface area contributed by atoms with Crippen molar-refractivity contribution in [3.63, 3.8) is 0 Å². The maximum Gasteiger partial charge on any atom is 0.257 e. The van der Waals surface area contributed by atoms with Gasteiger partial charge in [0.2, 0.25) is 0 Å². The fourth-order valence-corrected chi connectivity index (χ4v) is 1.34. The monoisotopic (exact) mass is 140 g/mol. The number of rotatable bonds is 2. The van der Waals surface area contributed by atoms with Crippen molar-refractivity contribution >= 4 is 20.4 Å². The fraction of sp³-hybridized carbons (Fsp3) is 0. The van der Waals surface area contributed by atoms with Gasteiger partial charge in [-0.25, -0.2) is 0 Å². The van der Waals surface area contributed by atoms with Gasteiger partial charge < -0.3 is 10.3 Å². The minimum atomic E-state index is -0.693. The van der Waals surface area contributed by atoms with Crippen molar-refractivity contribution in [3.8, 4) is 0 Å². The van der Waals surface area contributed by atoms with Crippen molar-refractivity contribution < 1.29 is 4.12 Å². The Morgan fingerprint density at radius 3 is 2.00 bits per heavy atom. The molecule has 0 aromatic carbocycles. The highest BCUT2D eigenvalue weighted by atomic mass is 28.3. The Kier molecular flexibility index (Phi) is 9.14. The molecule has 0 atom stereocenters. The lowest BCUT2D eigenvalue weighted by Crippen LogP contribution is -2.42. The van der Waals surface area contributed by atoms with Gasteiger partial charge in [-0.15, -0.1) is 0 Å². The van der Waals surface area contributed by atoms with Gasteiger partial charge in [-0.05, 0) is 0 Å². The Labute approximate surface area is 48.1 Å². The lowest BCUT2D eigenvalue weighted by Gasteiger charge is -2.03. The van der Waals surface area contributed by atoms with Gasteiger partial charge in [0.05, 0.1) is 0 Å². The first-order valence-corrected chi connectivity index (χ1v) is 3.56. The highest BCUT2D eigenvalue weighted by Gasteiger charge is 1.82. The Morgan fingerprint density at radius 1 is 1.57 bits per heavy atom. The van der Waals surface area contributed by atoms with Crippen LogP contribution in [0.2, 0.25) is 0 Å². The summed E-state index contributed by atoms with van der Waals surface area (Å²) in [6.45, 7) is 0. The van der Waals surface area contributed by atoms with E-state index in [0.29, 0.717) is 0 Å². The van der Waals surface area contributed by atoms with Crippen LogP contribution in [0, 0.1) is 0 Å². The SMILES string of the molecule is N.NN(N)[SiH2]O[SiH3]. The van der Waals surface area contributed by atoms with Crippen LogP contribution in [0.5, 0.6) is 0 Å². The molecule has 5 nitrogen and oxygen atoms in total. The summed E-state index contributed by atoms with van der Waals surface area (Å²) in [4.78, 5) is 1.13. The van der Waals surface area contributed by atoms with E-state index in [0.717, 1.165) is 15.3 Å². The standard InChI is InChI=1S/H9N3OSi2.H3N/c1-3(2)6-4-5;/h1-2,6H2,5H3;1H3. The summed E-state index contributed by atoms with van der Waals surface area (Å²) < 4.78 is 4.76. The summed E-state index contributed by atoms with van der Waals surface area (Å²) in [6.07, 6.45) is 0. The molecule has 0 aliphatic rings. The highest BCUT2D eigenvalue weighted by molar-refractivity contribution is 6.30. The van der Waals surface area contributed by atoms with Crippen molar-refractivity contribution in [2.24, 2.45) is 11.7 Å². The fourth-order valence-electron chi connectivity index (χ4n) is 0.149. The lowest BCUT2D eigenvalue weighted by atomic mass is 12.6. The average molecular weight is 140 g/mol. The summed E-state index contributed by atoms with van der Waals surface area (Å²) >= 11 is 0. The average Bonchev–Trinajstić information content (AvgIpc) is 1.35. The molecule has 0 bridgehead atoms. The maximum absolute atomic E-state index is 4.97. The second-order valence-electron chi connectivity index (χ2n) is 0.932. The summed E-state index contributed by atoms with van der Waals surface area (Å²) in [5.74, 6) is 9.95. The second-order valence-corrected chi connectivity index (χ2v) is 4.23. The summed E-state index contributed by atoms with van der Waals surface area (Å²) in [5, 5.41) is 0. The van der Waals surface area contributed by atoms with Gasteiger partial charge in [-0.3, -0.25) is 11.7 Å². The van der Waals surface area contributed by atoms with Crippen LogP contribution in [0.4, 0.5) is 0 Å². The van der Waals surface area contributed by atoms with Crippen molar-refractivity contribution in [2.45, 2.75) is 0 Å². The third-order valence-electron chi connectivity index (χ3n) is 0.278. The number of nitrogens with zero attached hydrogens (tertiary/aromatic N) is 1. The summed E-state index contributed by atoms with van der Waals surface area (Å²) in [5.41, 5.74) is 0. The molecule has 0 unspecified atom stereocenters. The van der Waals surface area contributed by atoms with E-state index in [1.165, 1.54) is 0 Å². The predicted molar refractivity (Wildman–Crippen MR) is 34.8 cm³/mol. The first-order chi connectivity index (χ1) is 2.77. The lowest BCUT2D eigenvalue weighted by molar-refractivity contribution is 0.432. The molecule has 0 saturated carbocycles. The van der Waals surface area contributed by atoms with Crippen LogP contribution in [0.15, 0.2) is 0 Å². The molecule has 0 saturated heterocycles. The van der Waals surface area contributed by atoms with E-state index in [1.807, 2.05) is 0 Å². The Morgan fingerprint density at radius 2 is 2.00 bits per heavy atom. The van der Waals surface area contributed by atoms with Gasteiger partial charge in [0.15, 0.2) is 0 Å². The van der Waals surface area contributed by atoms with Crippen LogP contribution in [0.3, 0.4) is 0 Å². The van der Waals surface area contributed by atoms with E-state index in [2.05, 4.69) is 0 Å². The van der Waals surface area contributed by atoms with Crippen LogP contribution in [-0.2, 0) is 4.12 Å². The Balaban J connectivity index is 0. The number of hydrogen-bond acceptors (Lipinski definition) is 5. The molecule has 0 amide bonds. The molecular formula is H12N4OSi2. The minimum Gasteiger partial charge on any atom is -0.456 e. The molecule has 0 aliphatic carbocycles. The largest absolute Gasteiger partial charge is 0.456 e. The number of nitrogens with two attached hydrogens (primary N) is 2. The third-order valence-corrected chi connectivity index (χ3v) is 1.61. The number of hydrogen-bond donors (Lipinski definition) is 3. The smallest absolute Gasteiger partial charge is 0.257 e. The molecule has 0 fully saturated rings. The van der Waals surface area contributed by atoms with Crippen molar-refractivity contribution in [2.75, 3.05) is 0 Å². The molecule has 0 spiro atoms.